The summed E-state index contributed by atoms with van der Waals surface area (Å²) in [6.45, 7) is 5.59. The van der Waals surface area contributed by atoms with Crippen molar-refractivity contribution in [2.75, 3.05) is 33.9 Å². The Bertz CT molecular complexity index is 162. The van der Waals surface area contributed by atoms with Crippen molar-refractivity contribution < 1.29 is 4.74 Å². The standard InChI is InChI=1S/C12H26N2O/c1-11(7-9-15-3)14-8-5-4-6-12(14)10-13-2/h11-13H,4-10H2,1-3H3. The zero-order valence-electron chi connectivity index (χ0n) is 10.5. The molecule has 1 saturated heterocycles. The number of nitrogens with zero attached hydrogens (tertiary/aromatic N) is 1. The van der Waals surface area contributed by atoms with Gasteiger partial charge in [-0.1, -0.05) is 6.42 Å². The van der Waals surface area contributed by atoms with Crippen LogP contribution in [-0.4, -0.2) is 50.8 Å². The van der Waals surface area contributed by atoms with Gasteiger partial charge >= 0.3 is 0 Å². The van der Waals surface area contributed by atoms with Crippen LogP contribution >= 0.6 is 0 Å². The van der Waals surface area contributed by atoms with Crippen LogP contribution in [0, 0.1) is 0 Å². The molecule has 2 atom stereocenters. The molecular formula is C12H26N2O. The van der Waals surface area contributed by atoms with Crippen molar-refractivity contribution in [3.05, 3.63) is 0 Å². The monoisotopic (exact) mass is 214 g/mol. The Balaban J connectivity index is 2.39. The highest BCUT2D eigenvalue weighted by Crippen LogP contribution is 2.20. The van der Waals surface area contributed by atoms with Gasteiger partial charge in [0.2, 0.25) is 0 Å². The van der Waals surface area contributed by atoms with E-state index in [9.17, 15) is 0 Å². The molecule has 1 aliphatic heterocycles. The number of nitrogens with one attached hydrogen (secondary N) is 1. The first-order valence-electron chi connectivity index (χ1n) is 6.19. The van der Waals surface area contributed by atoms with Crippen LogP contribution in [-0.2, 0) is 4.74 Å². The van der Waals surface area contributed by atoms with Gasteiger partial charge in [0, 0.05) is 32.3 Å². The molecule has 3 nitrogen and oxygen atoms in total. The van der Waals surface area contributed by atoms with Crippen molar-refractivity contribution in [2.45, 2.75) is 44.7 Å². The largest absolute Gasteiger partial charge is 0.385 e. The third-order valence-electron chi connectivity index (χ3n) is 3.42. The summed E-state index contributed by atoms with van der Waals surface area (Å²) in [5.41, 5.74) is 0. The van der Waals surface area contributed by atoms with E-state index in [0.29, 0.717) is 6.04 Å². The summed E-state index contributed by atoms with van der Waals surface area (Å²) in [7, 11) is 3.83. The molecule has 0 aromatic carbocycles. The maximum atomic E-state index is 5.16. The van der Waals surface area contributed by atoms with E-state index in [0.717, 1.165) is 25.6 Å². The molecule has 0 amide bonds. The Morgan fingerprint density at radius 2 is 2.27 bits per heavy atom. The molecule has 0 bridgehead atoms. The first kappa shape index (κ1) is 12.9. The second-order valence-electron chi connectivity index (χ2n) is 4.58. The Morgan fingerprint density at radius 3 is 2.93 bits per heavy atom. The van der Waals surface area contributed by atoms with Crippen molar-refractivity contribution in [3.63, 3.8) is 0 Å². The molecule has 3 heteroatoms. The molecule has 0 aliphatic carbocycles. The number of ether oxygens (including phenoxy) is 1. The van der Waals surface area contributed by atoms with Gasteiger partial charge in [0.15, 0.2) is 0 Å². The molecular weight excluding hydrogens is 188 g/mol. The van der Waals surface area contributed by atoms with Crippen LogP contribution in [0.15, 0.2) is 0 Å². The summed E-state index contributed by atoms with van der Waals surface area (Å²) in [5.74, 6) is 0. The summed E-state index contributed by atoms with van der Waals surface area (Å²) in [6, 6.07) is 1.39. The highest BCUT2D eigenvalue weighted by Gasteiger charge is 2.25. The molecule has 1 heterocycles. The molecule has 2 unspecified atom stereocenters. The summed E-state index contributed by atoms with van der Waals surface area (Å²) >= 11 is 0. The number of likely N-dealkylation sites (tertiary alicyclic amines) is 1. The van der Waals surface area contributed by atoms with Gasteiger partial charge in [-0.2, -0.15) is 0 Å². The zero-order chi connectivity index (χ0) is 11.1. The molecule has 0 aromatic heterocycles. The quantitative estimate of drug-likeness (QED) is 0.725. The summed E-state index contributed by atoms with van der Waals surface area (Å²) in [6.07, 6.45) is 5.24. The van der Waals surface area contributed by atoms with Gasteiger partial charge < -0.3 is 10.1 Å². The lowest BCUT2D eigenvalue weighted by Gasteiger charge is -2.40. The van der Waals surface area contributed by atoms with Gasteiger partial charge in [-0.15, -0.1) is 0 Å². The molecule has 1 N–H and O–H groups in total. The summed E-state index contributed by atoms with van der Waals surface area (Å²) in [5, 5.41) is 3.31. The smallest absolute Gasteiger partial charge is 0.0477 e. The van der Waals surface area contributed by atoms with Gasteiger partial charge in [0.1, 0.15) is 0 Å². The Morgan fingerprint density at radius 1 is 1.47 bits per heavy atom. The van der Waals surface area contributed by atoms with Crippen LogP contribution < -0.4 is 5.32 Å². The van der Waals surface area contributed by atoms with E-state index >= 15 is 0 Å². The fraction of sp³-hybridized carbons (Fsp3) is 1.00. The lowest BCUT2D eigenvalue weighted by atomic mass is 9.99. The van der Waals surface area contributed by atoms with E-state index in [1.807, 2.05) is 7.05 Å². The maximum Gasteiger partial charge on any atom is 0.0477 e. The van der Waals surface area contributed by atoms with Gasteiger partial charge in [-0.25, -0.2) is 0 Å². The number of hydrogen-bond donors (Lipinski definition) is 1. The second-order valence-corrected chi connectivity index (χ2v) is 4.58. The Kier molecular flexibility index (Phi) is 6.22. The van der Waals surface area contributed by atoms with Crippen molar-refractivity contribution >= 4 is 0 Å². The fourth-order valence-electron chi connectivity index (χ4n) is 2.51. The minimum atomic E-state index is 0.656. The van der Waals surface area contributed by atoms with Gasteiger partial charge in [-0.05, 0) is 39.8 Å². The predicted molar refractivity (Wildman–Crippen MR) is 64.2 cm³/mol. The van der Waals surface area contributed by atoms with E-state index < -0.39 is 0 Å². The van der Waals surface area contributed by atoms with Crippen LogP contribution in [0.1, 0.15) is 32.6 Å². The minimum absolute atomic E-state index is 0.656. The third-order valence-corrected chi connectivity index (χ3v) is 3.42. The van der Waals surface area contributed by atoms with E-state index in [-0.39, 0.29) is 0 Å². The molecule has 0 saturated carbocycles. The van der Waals surface area contributed by atoms with Gasteiger partial charge in [0.05, 0.1) is 0 Å². The van der Waals surface area contributed by atoms with E-state index in [2.05, 4.69) is 17.1 Å². The maximum absolute atomic E-state index is 5.16. The summed E-state index contributed by atoms with van der Waals surface area (Å²) < 4.78 is 5.16. The highest BCUT2D eigenvalue weighted by molar-refractivity contribution is 4.82. The SMILES string of the molecule is CNCC1CCCCN1C(C)CCOC. The number of methoxy groups -OCH3 is 1. The van der Waals surface area contributed by atoms with Crippen LogP contribution in [0.25, 0.3) is 0 Å². The highest BCUT2D eigenvalue weighted by atomic mass is 16.5. The lowest BCUT2D eigenvalue weighted by Crippen LogP contribution is -2.49. The third kappa shape index (κ3) is 4.09. The number of piperidine rings is 1. The number of hydrogen-bond acceptors (Lipinski definition) is 3. The first-order chi connectivity index (χ1) is 7.29. The second kappa shape index (κ2) is 7.20. The van der Waals surface area contributed by atoms with Crippen LogP contribution in [0.2, 0.25) is 0 Å². The van der Waals surface area contributed by atoms with Crippen LogP contribution in [0.4, 0.5) is 0 Å². The van der Waals surface area contributed by atoms with Crippen molar-refractivity contribution in [1.82, 2.24) is 10.2 Å². The van der Waals surface area contributed by atoms with Crippen molar-refractivity contribution in [1.29, 1.82) is 0 Å². The molecule has 0 spiro atoms. The fourth-order valence-corrected chi connectivity index (χ4v) is 2.51. The van der Waals surface area contributed by atoms with Gasteiger partial charge in [0.25, 0.3) is 0 Å². The Hall–Kier alpha value is -0.120. The topological polar surface area (TPSA) is 24.5 Å². The van der Waals surface area contributed by atoms with Gasteiger partial charge in [-0.3, -0.25) is 4.90 Å². The molecule has 1 aliphatic rings. The lowest BCUT2D eigenvalue weighted by molar-refractivity contribution is 0.0785. The number of rotatable bonds is 6. The van der Waals surface area contributed by atoms with Crippen LogP contribution in [0.5, 0.6) is 0 Å². The summed E-state index contributed by atoms with van der Waals surface area (Å²) in [4.78, 5) is 2.65. The molecule has 1 rings (SSSR count). The minimum Gasteiger partial charge on any atom is -0.385 e. The average Bonchev–Trinajstić information content (AvgIpc) is 2.27. The molecule has 0 radical (unpaired) electrons. The van der Waals surface area contributed by atoms with Crippen molar-refractivity contribution in [3.8, 4) is 0 Å². The first-order valence-corrected chi connectivity index (χ1v) is 6.19. The van der Waals surface area contributed by atoms with E-state index in [4.69, 9.17) is 4.74 Å². The molecule has 0 aromatic rings. The zero-order valence-corrected chi connectivity index (χ0v) is 10.5. The Labute approximate surface area is 94.2 Å². The molecule has 15 heavy (non-hydrogen) atoms. The van der Waals surface area contributed by atoms with Crippen LogP contribution in [0.3, 0.4) is 0 Å². The average molecular weight is 214 g/mol. The van der Waals surface area contributed by atoms with E-state index in [1.165, 1.54) is 25.8 Å². The molecule has 1 fully saturated rings. The van der Waals surface area contributed by atoms with Crippen molar-refractivity contribution in [2.24, 2.45) is 0 Å². The molecule has 90 valence electrons. The predicted octanol–water partition coefficient (Wildman–Crippen LogP) is 1.49. The number of likely N-dealkylation sites (N-methyl/N-ethyl adjacent to an activating group) is 1. The normalized spacial score (nSPS) is 25.4. The van der Waals surface area contributed by atoms with E-state index in [1.54, 1.807) is 7.11 Å².